The number of unbranched alkanes of at least 4 members (excludes halogenated alkanes) is 5. The summed E-state index contributed by atoms with van der Waals surface area (Å²) in [6.07, 6.45) is 8.84. The molecule has 55 heavy (non-hydrogen) atoms. The third kappa shape index (κ3) is 6.28. The third-order valence-corrected chi connectivity index (χ3v) is 17.5. The second kappa shape index (κ2) is 15.2. The van der Waals surface area contributed by atoms with E-state index in [2.05, 4.69) is 175 Å². The molecule has 0 unspecified atom stereocenters. The van der Waals surface area contributed by atoms with Crippen LogP contribution in [-0.2, 0) is 6.42 Å². The number of thiophene rings is 1. The van der Waals surface area contributed by atoms with Gasteiger partial charge in [-0.3, -0.25) is 0 Å². The Labute approximate surface area is 329 Å². The average Bonchev–Trinajstić information content (AvgIpc) is 3.77. The van der Waals surface area contributed by atoms with Gasteiger partial charge in [0.25, 0.3) is 0 Å². The van der Waals surface area contributed by atoms with Gasteiger partial charge < -0.3 is 4.57 Å². The number of aryl methyl sites for hydroxylation is 1. The molecule has 0 aliphatic rings. The second-order valence-corrected chi connectivity index (χ2v) is 19.8. The van der Waals surface area contributed by atoms with Gasteiger partial charge in [-0.15, -0.1) is 11.3 Å². The highest BCUT2D eigenvalue weighted by Gasteiger charge is 2.41. The number of fused-ring (bicyclic) bond motifs is 6. The van der Waals surface area contributed by atoms with Crippen LogP contribution in [0.15, 0.2) is 164 Å². The summed E-state index contributed by atoms with van der Waals surface area (Å²) in [4.78, 5) is 0. The molecule has 0 bridgehead atoms. The smallest absolute Gasteiger partial charge is 0.179 e. The predicted octanol–water partition coefficient (Wildman–Crippen LogP) is 11.3. The normalized spacial score (nSPS) is 11.9. The molecule has 2 nitrogen and oxygen atoms in total. The van der Waals surface area contributed by atoms with Gasteiger partial charge in [0.15, 0.2) is 8.07 Å². The summed E-state index contributed by atoms with van der Waals surface area (Å²) in [7, 11) is -2.68. The first-order chi connectivity index (χ1) is 27.2. The lowest BCUT2D eigenvalue weighted by molar-refractivity contribution is 0.607. The van der Waals surface area contributed by atoms with Crippen LogP contribution >= 0.6 is 11.3 Å². The standard InChI is InChI=1S/C51H44N2SSi/c1-2-3-4-5-6-10-17-37-24-28-48-44(32-37)45-33-38(36-52)25-29-49(45)53(48)39-26-30-50-46(34-39)47-35-43(27-31-51(47)54-50)55(40-18-11-7-12-19-40,41-20-13-8-14-21-41)42-22-15-9-16-23-42/h7-9,11-16,18-35H,2-6,10,17H2,1H3. The number of aromatic nitrogens is 1. The minimum Gasteiger partial charge on any atom is -0.309 e. The summed E-state index contributed by atoms with van der Waals surface area (Å²) < 4.78 is 4.99. The zero-order valence-electron chi connectivity index (χ0n) is 31.3. The molecule has 0 fully saturated rings. The topological polar surface area (TPSA) is 28.7 Å². The van der Waals surface area contributed by atoms with Crippen LogP contribution in [0.25, 0.3) is 47.7 Å². The monoisotopic (exact) mass is 744 g/mol. The van der Waals surface area contributed by atoms with Crippen molar-refractivity contribution in [3.8, 4) is 11.8 Å². The molecule has 2 heterocycles. The summed E-state index contributed by atoms with van der Waals surface area (Å²) in [6.45, 7) is 2.27. The lowest BCUT2D eigenvalue weighted by atomic mass is 10.0. The quantitative estimate of drug-likeness (QED) is 0.0696. The number of rotatable bonds is 12. The van der Waals surface area contributed by atoms with E-state index in [0.717, 1.165) is 23.0 Å². The van der Waals surface area contributed by atoms with Crippen LogP contribution in [0.5, 0.6) is 0 Å². The Balaban J connectivity index is 1.21. The Kier molecular flexibility index (Phi) is 9.66. The van der Waals surface area contributed by atoms with Crippen molar-refractivity contribution in [2.75, 3.05) is 0 Å². The van der Waals surface area contributed by atoms with Crippen LogP contribution in [0.2, 0.25) is 0 Å². The van der Waals surface area contributed by atoms with Crippen LogP contribution in [-0.4, -0.2) is 12.6 Å². The predicted molar refractivity (Wildman–Crippen MR) is 239 cm³/mol. The molecule has 4 heteroatoms. The molecule has 0 atom stereocenters. The molecule has 0 aliphatic carbocycles. The van der Waals surface area contributed by atoms with Gasteiger partial charge in [-0.2, -0.15) is 5.26 Å². The zero-order valence-corrected chi connectivity index (χ0v) is 33.2. The first-order valence-corrected chi connectivity index (χ1v) is 22.6. The molecular weight excluding hydrogens is 701 g/mol. The molecule has 0 spiro atoms. The maximum absolute atomic E-state index is 9.89. The molecule has 268 valence electrons. The van der Waals surface area contributed by atoms with Crippen molar-refractivity contribution in [2.24, 2.45) is 0 Å². The summed E-state index contributed by atoms with van der Waals surface area (Å²) in [6, 6.07) is 63.4. The molecule has 2 aromatic heterocycles. The lowest BCUT2D eigenvalue weighted by Crippen LogP contribution is -2.74. The Bertz CT molecular complexity index is 2710. The first-order valence-electron chi connectivity index (χ1n) is 19.8. The Morgan fingerprint density at radius 3 is 1.71 bits per heavy atom. The lowest BCUT2D eigenvalue weighted by Gasteiger charge is -2.34. The van der Waals surface area contributed by atoms with Crippen LogP contribution < -0.4 is 20.7 Å². The Hall–Kier alpha value is -5.73. The summed E-state index contributed by atoms with van der Waals surface area (Å²) >= 11 is 1.87. The minimum atomic E-state index is -2.68. The number of hydrogen-bond acceptors (Lipinski definition) is 2. The molecule has 7 aromatic carbocycles. The molecule has 0 saturated carbocycles. The van der Waals surface area contributed by atoms with Crippen molar-refractivity contribution in [3.63, 3.8) is 0 Å². The van der Waals surface area contributed by atoms with E-state index in [4.69, 9.17) is 0 Å². The molecule has 0 N–H and O–H groups in total. The summed E-state index contributed by atoms with van der Waals surface area (Å²) in [5.74, 6) is 0. The molecule has 0 aliphatic heterocycles. The molecule has 0 amide bonds. The van der Waals surface area contributed by atoms with Crippen LogP contribution in [0.3, 0.4) is 0 Å². The molecule has 0 radical (unpaired) electrons. The van der Waals surface area contributed by atoms with Crippen molar-refractivity contribution in [1.29, 1.82) is 5.26 Å². The van der Waals surface area contributed by atoms with Gasteiger partial charge >= 0.3 is 0 Å². The van der Waals surface area contributed by atoms with Gasteiger partial charge in [-0.05, 0) is 93.7 Å². The number of benzene rings is 7. The summed E-state index contributed by atoms with van der Waals surface area (Å²) in [5.41, 5.74) is 5.53. The fourth-order valence-corrected chi connectivity index (χ4v) is 14.7. The van der Waals surface area contributed by atoms with Gasteiger partial charge in [-0.25, -0.2) is 0 Å². The van der Waals surface area contributed by atoms with E-state index in [1.54, 1.807) is 0 Å². The van der Waals surface area contributed by atoms with Crippen molar-refractivity contribution < 1.29 is 0 Å². The maximum Gasteiger partial charge on any atom is 0.179 e. The zero-order chi connectivity index (χ0) is 37.2. The molecule has 0 saturated heterocycles. The van der Waals surface area contributed by atoms with E-state index in [0.29, 0.717) is 5.56 Å². The highest BCUT2D eigenvalue weighted by molar-refractivity contribution is 7.26. The Morgan fingerprint density at radius 2 is 1.07 bits per heavy atom. The molecule has 9 rings (SSSR count). The van der Waals surface area contributed by atoms with E-state index in [9.17, 15) is 5.26 Å². The van der Waals surface area contributed by atoms with E-state index >= 15 is 0 Å². The van der Waals surface area contributed by atoms with E-state index in [1.807, 2.05) is 17.4 Å². The minimum absolute atomic E-state index is 0.697. The van der Waals surface area contributed by atoms with Gasteiger partial charge in [0.2, 0.25) is 0 Å². The van der Waals surface area contributed by atoms with Crippen molar-refractivity contribution in [3.05, 3.63) is 175 Å². The largest absolute Gasteiger partial charge is 0.309 e. The van der Waals surface area contributed by atoms with Crippen molar-refractivity contribution in [1.82, 2.24) is 4.57 Å². The first kappa shape index (κ1) is 35.0. The van der Waals surface area contributed by atoms with Crippen LogP contribution in [0, 0.1) is 11.3 Å². The van der Waals surface area contributed by atoms with E-state index in [-0.39, 0.29) is 0 Å². The highest BCUT2D eigenvalue weighted by atomic mass is 32.1. The van der Waals surface area contributed by atoms with E-state index < -0.39 is 8.07 Å². The fraction of sp³-hybridized carbons (Fsp3) is 0.157. The van der Waals surface area contributed by atoms with Gasteiger partial charge in [-0.1, -0.05) is 148 Å². The van der Waals surface area contributed by atoms with Crippen LogP contribution in [0.1, 0.15) is 56.6 Å². The number of nitrogens with zero attached hydrogens (tertiary/aromatic N) is 2. The van der Waals surface area contributed by atoms with Gasteiger partial charge in [0, 0.05) is 36.6 Å². The SMILES string of the molecule is CCCCCCCCc1ccc2c(c1)c1cc(C#N)ccc1n2-c1ccc2sc3ccc([Si](c4ccccc4)(c4ccccc4)c4ccccc4)cc3c2c1. The third-order valence-electron chi connectivity index (χ3n) is 11.5. The number of hydrogen-bond donors (Lipinski definition) is 0. The highest BCUT2D eigenvalue weighted by Crippen LogP contribution is 2.38. The maximum atomic E-state index is 9.89. The molecule has 9 aromatic rings. The summed E-state index contributed by atoms with van der Waals surface area (Å²) in [5, 5.41) is 20.3. The van der Waals surface area contributed by atoms with E-state index in [1.165, 1.54) is 95.9 Å². The van der Waals surface area contributed by atoms with Gasteiger partial charge in [0.05, 0.1) is 22.7 Å². The average molecular weight is 745 g/mol. The van der Waals surface area contributed by atoms with Crippen molar-refractivity contribution >= 4 is 82.1 Å². The Morgan fingerprint density at radius 1 is 0.509 bits per heavy atom. The second-order valence-electron chi connectivity index (χ2n) is 14.9. The van der Waals surface area contributed by atoms with Gasteiger partial charge in [0.1, 0.15) is 0 Å². The fourth-order valence-electron chi connectivity index (χ4n) is 8.89. The number of nitriles is 1. The van der Waals surface area contributed by atoms with Crippen molar-refractivity contribution in [2.45, 2.75) is 51.9 Å². The molecular formula is C51H44N2SSi. The van der Waals surface area contributed by atoms with Crippen LogP contribution in [0.4, 0.5) is 0 Å².